The molecule has 0 aliphatic rings. The minimum Gasteiger partial charge on any atom is -0.303 e. The summed E-state index contributed by atoms with van der Waals surface area (Å²) in [6, 6.07) is 0. The molecule has 0 radical (unpaired) electrons. The first kappa shape index (κ1) is 33.0. The van der Waals surface area contributed by atoms with E-state index in [1.165, 1.54) is 174 Å². The Hall–Kier alpha value is -0.0400. The van der Waals surface area contributed by atoms with Gasteiger partial charge in [0.1, 0.15) is 0 Å². The van der Waals surface area contributed by atoms with Crippen molar-refractivity contribution >= 4 is 0 Å². The average Bonchev–Trinajstić information content (AvgIpc) is 2.80. The summed E-state index contributed by atoms with van der Waals surface area (Å²) < 4.78 is 0. The maximum atomic E-state index is 2.83. The van der Waals surface area contributed by atoms with Gasteiger partial charge in [0, 0.05) is 0 Å². The van der Waals surface area contributed by atoms with Gasteiger partial charge in [-0.25, -0.2) is 0 Å². The highest BCUT2D eigenvalue weighted by molar-refractivity contribution is 4.61. The van der Waals surface area contributed by atoms with Crippen LogP contribution < -0.4 is 0 Å². The van der Waals surface area contributed by atoms with Crippen molar-refractivity contribution in [3.63, 3.8) is 0 Å². The second-order valence-corrected chi connectivity index (χ2v) is 11.4. The summed E-state index contributed by atoms with van der Waals surface area (Å²) in [5, 5.41) is 0. The third kappa shape index (κ3) is 28.1. The molecule has 0 rings (SSSR count). The Morgan fingerprint density at radius 3 is 0.939 bits per heavy atom. The number of unbranched alkanes of at least 4 members (excludes halogenated alkanes) is 20. The van der Waals surface area contributed by atoms with Crippen molar-refractivity contribution in [3.05, 3.63) is 0 Å². The number of nitrogens with zero attached hydrogens (tertiary/aromatic N) is 1. The molecule has 0 heterocycles. The van der Waals surface area contributed by atoms with Crippen molar-refractivity contribution in [1.82, 2.24) is 4.90 Å². The summed E-state index contributed by atoms with van der Waals surface area (Å²) in [5.41, 5.74) is 0. The average molecular weight is 466 g/mol. The van der Waals surface area contributed by atoms with Gasteiger partial charge in [-0.15, -0.1) is 0 Å². The van der Waals surface area contributed by atoms with Crippen molar-refractivity contribution < 1.29 is 0 Å². The normalized spacial score (nSPS) is 11.8. The van der Waals surface area contributed by atoms with E-state index in [4.69, 9.17) is 0 Å². The molecule has 0 bridgehead atoms. The Balaban J connectivity index is 3.79. The summed E-state index contributed by atoms with van der Waals surface area (Å²) >= 11 is 0. The lowest BCUT2D eigenvalue weighted by atomic mass is 10.0. The molecule has 200 valence electrons. The Morgan fingerprint density at radius 2 is 0.636 bits per heavy atom. The minimum absolute atomic E-state index is 0.890. The molecule has 0 fully saturated rings. The van der Waals surface area contributed by atoms with Crippen molar-refractivity contribution in [3.8, 4) is 0 Å². The van der Waals surface area contributed by atoms with Crippen molar-refractivity contribution in [1.29, 1.82) is 0 Å². The Morgan fingerprint density at radius 1 is 0.364 bits per heavy atom. The van der Waals surface area contributed by atoms with E-state index in [1.54, 1.807) is 0 Å². The zero-order valence-corrected chi connectivity index (χ0v) is 24.1. The van der Waals surface area contributed by atoms with Crippen LogP contribution in [0.25, 0.3) is 0 Å². The van der Waals surface area contributed by atoms with Crippen LogP contribution in [-0.2, 0) is 0 Å². The molecule has 1 nitrogen and oxygen atoms in total. The molecule has 0 saturated heterocycles. The third-order valence-electron chi connectivity index (χ3n) is 7.41. The van der Waals surface area contributed by atoms with Gasteiger partial charge < -0.3 is 4.90 Å². The first-order chi connectivity index (χ1) is 16.2. The lowest BCUT2D eigenvalue weighted by Crippen LogP contribution is -2.27. The maximum Gasteiger partial charge on any atom is -0.00187 e. The molecule has 0 aromatic heterocycles. The lowest BCUT2D eigenvalue weighted by molar-refractivity contribution is 0.254. The standard InChI is InChI=1S/C32H67N/c1-5-7-9-11-17-21-25-29-33(30-26-22-18-12-10-8-6-2)31-27-23-19-15-13-14-16-20-24-28-32(3)4/h32H,5-31H2,1-4H3. The topological polar surface area (TPSA) is 3.24 Å². The fraction of sp³-hybridized carbons (Fsp3) is 1.00. The van der Waals surface area contributed by atoms with Crippen LogP contribution in [0.4, 0.5) is 0 Å². The smallest absolute Gasteiger partial charge is 0.00187 e. The van der Waals surface area contributed by atoms with E-state index in [0.717, 1.165) is 5.92 Å². The monoisotopic (exact) mass is 466 g/mol. The number of rotatable bonds is 28. The number of hydrogen-bond acceptors (Lipinski definition) is 1. The SMILES string of the molecule is CCCCCCCCCN(CCCCCCCCC)CCCCCCCCCCCC(C)C. The van der Waals surface area contributed by atoms with Gasteiger partial charge >= 0.3 is 0 Å². The zero-order chi connectivity index (χ0) is 24.2. The van der Waals surface area contributed by atoms with E-state index < -0.39 is 0 Å². The van der Waals surface area contributed by atoms with Gasteiger partial charge in [-0.05, 0) is 44.8 Å². The summed E-state index contributed by atoms with van der Waals surface area (Å²) in [6.07, 6.45) is 34.7. The van der Waals surface area contributed by atoms with E-state index in [9.17, 15) is 0 Å². The molecular weight excluding hydrogens is 398 g/mol. The van der Waals surface area contributed by atoms with Gasteiger partial charge in [-0.1, -0.05) is 163 Å². The second kappa shape index (κ2) is 28.2. The van der Waals surface area contributed by atoms with Gasteiger partial charge in [0.25, 0.3) is 0 Å². The first-order valence-corrected chi connectivity index (χ1v) is 15.9. The molecule has 0 saturated carbocycles. The predicted octanol–water partition coefficient (Wildman–Crippen LogP) is 11.3. The molecule has 0 aliphatic heterocycles. The number of hydrogen-bond donors (Lipinski definition) is 0. The Kier molecular flexibility index (Phi) is 28.2. The van der Waals surface area contributed by atoms with Crippen molar-refractivity contribution in [2.45, 2.75) is 182 Å². The summed E-state index contributed by atoms with van der Waals surface area (Å²) in [6.45, 7) is 13.4. The van der Waals surface area contributed by atoms with E-state index in [-0.39, 0.29) is 0 Å². The van der Waals surface area contributed by atoms with Crippen LogP contribution in [0.1, 0.15) is 182 Å². The van der Waals surface area contributed by atoms with Crippen LogP contribution in [0.3, 0.4) is 0 Å². The van der Waals surface area contributed by atoms with E-state index in [2.05, 4.69) is 32.6 Å². The minimum atomic E-state index is 0.890. The third-order valence-corrected chi connectivity index (χ3v) is 7.41. The van der Waals surface area contributed by atoms with Crippen LogP contribution >= 0.6 is 0 Å². The summed E-state index contributed by atoms with van der Waals surface area (Å²) in [4.78, 5) is 2.83. The van der Waals surface area contributed by atoms with Gasteiger partial charge in [-0.3, -0.25) is 0 Å². The quantitative estimate of drug-likeness (QED) is 0.104. The molecule has 0 unspecified atom stereocenters. The molecule has 0 N–H and O–H groups in total. The molecular formula is C32H67N. The highest BCUT2D eigenvalue weighted by atomic mass is 15.1. The molecule has 0 amide bonds. The second-order valence-electron chi connectivity index (χ2n) is 11.4. The van der Waals surface area contributed by atoms with Crippen LogP contribution in [-0.4, -0.2) is 24.5 Å². The zero-order valence-electron chi connectivity index (χ0n) is 24.1. The molecule has 33 heavy (non-hydrogen) atoms. The van der Waals surface area contributed by atoms with Gasteiger partial charge in [0.2, 0.25) is 0 Å². The fourth-order valence-corrected chi connectivity index (χ4v) is 5.05. The summed E-state index contributed by atoms with van der Waals surface area (Å²) in [7, 11) is 0. The molecule has 0 aromatic rings. The molecule has 0 aromatic carbocycles. The van der Waals surface area contributed by atoms with Crippen LogP contribution in [0.2, 0.25) is 0 Å². The lowest BCUT2D eigenvalue weighted by Gasteiger charge is -2.22. The Labute approximate surface area is 212 Å². The predicted molar refractivity (Wildman–Crippen MR) is 153 cm³/mol. The van der Waals surface area contributed by atoms with Gasteiger partial charge in [0.15, 0.2) is 0 Å². The van der Waals surface area contributed by atoms with Crippen molar-refractivity contribution in [2.24, 2.45) is 5.92 Å². The maximum absolute atomic E-state index is 2.83. The van der Waals surface area contributed by atoms with Crippen molar-refractivity contribution in [2.75, 3.05) is 19.6 Å². The molecule has 1 heteroatoms. The van der Waals surface area contributed by atoms with Crippen LogP contribution in [0, 0.1) is 5.92 Å². The van der Waals surface area contributed by atoms with Crippen LogP contribution in [0.5, 0.6) is 0 Å². The Bertz CT molecular complexity index is 319. The van der Waals surface area contributed by atoms with Gasteiger partial charge in [-0.2, -0.15) is 0 Å². The molecule has 0 aliphatic carbocycles. The van der Waals surface area contributed by atoms with Gasteiger partial charge in [0.05, 0.1) is 0 Å². The van der Waals surface area contributed by atoms with E-state index in [1.807, 2.05) is 0 Å². The summed E-state index contributed by atoms with van der Waals surface area (Å²) in [5.74, 6) is 0.890. The first-order valence-electron chi connectivity index (χ1n) is 15.9. The molecule has 0 spiro atoms. The highest BCUT2D eigenvalue weighted by Crippen LogP contribution is 2.14. The highest BCUT2D eigenvalue weighted by Gasteiger charge is 2.05. The van der Waals surface area contributed by atoms with Crippen LogP contribution in [0.15, 0.2) is 0 Å². The fourth-order valence-electron chi connectivity index (χ4n) is 5.05. The molecule has 0 atom stereocenters. The largest absolute Gasteiger partial charge is 0.303 e. The van der Waals surface area contributed by atoms with E-state index >= 15 is 0 Å². The van der Waals surface area contributed by atoms with E-state index in [0.29, 0.717) is 0 Å².